The van der Waals surface area contributed by atoms with Crippen molar-refractivity contribution in [1.82, 2.24) is 25.7 Å². The van der Waals surface area contributed by atoms with Gasteiger partial charge in [-0.05, 0) is 38.8 Å². The van der Waals surface area contributed by atoms with Crippen LogP contribution in [0, 0.1) is 13.8 Å². The molecule has 0 unspecified atom stereocenters. The zero-order valence-corrected chi connectivity index (χ0v) is 14.8. The Morgan fingerprint density at radius 1 is 1.32 bits per heavy atom. The van der Waals surface area contributed by atoms with Gasteiger partial charge < -0.3 is 15.2 Å². The number of amides is 2. The molecule has 1 fully saturated rings. The molecule has 134 valence electrons. The average molecular weight is 343 g/mol. The molecule has 0 bridgehead atoms. The molecular weight excluding hydrogens is 318 g/mol. The van der Waals surface area contributed by atoms with Crippen molar-refractivity contribution in [3.05, 3.63) is 47.1 Å². The number of nitrogens with one attached hydrogen (secondary N) is 2. The van der Waals surface area contributed by atoms with Crippen LogP contribution in [0.2, 0.25) is 0 Å². The fourth-order valence-electron chi connectivity index (χ4n) is 3.12. The van der Waals surface area contributed by atoms with Gasteiger partial charge in [-0.2, -0.15) is 0 Å². The van der Waals surface area contributed by atoms with Crippen molar-refractivity contribution in [2.75, 3.05) is 13.1 Å². The van der Waals surface area contributed by atoms with Crippen LogP contribution in [0.4, 0.5) is 4.79 Å². The van der Waals surface area contributed by atoms with Gasteiger partial charge in [-0.25, -0.2) is 4.79 Å². The lowest BCUT2D eigenvalue weighted by atomic mass is 10.1. The second kappa shape index (κ2) is 8.11. The lowest BCUT2D eigenvalue weighted by Crippen LogP contribution is -2.47. The van der Waals surface area contributed by atoms with Gasteiger partial charge in [0, 0.05) is 44.0 Å². The standard InChI is InChI=1S/C18H25N5O2/c1-13-17(14(2)25-22-13)11-20-18(24)21-15-6-9-23(10-7-15)12-16-5-3-4-8-19-16/h3-5,8,15H,6-7,9-12H2,1-2H3,(H2,20,21,24). The Morgan fingerprint density at radius 2 is 2.12 bits per heavy atom. The maximum absolute atomic E-state index is 12.1. The van der Waals surface area contributed by atoms with Gasteiger partial charge in [0.1, 0.15) is 5.76 Å². The first kappa shape index (κ1) is 17.4. The van der Waals surface area contributed by atoms with Crippen molar-refractivity contribution in [1.29, 1.82) is 0 Å². The highest BCUT2D eigenvalue weighted by molar-refractivity contribution is 5.74. The fourth-order valence-corrected chi connectivity index (χ4v) is 3.12. The third-order valence-electron chi connectivity index (χ3n) is 4.64. The van der Waals surface area contributed by atoms with Crippen molar-refractivity contribution < 1.29 is 9.32 Å². The zero-order valence-electron chi connectivity index (χ0n) is 14.8. The molecule has 2 aromatic heterocycles. The van der Waals surface area contributed by atoms with Gasteiger partial charge in [0.2, 0.25) is 0 Å². The van der Waals surface area contributed by atoms with Crippen LogP contribution in [0.3, 0.4) is 0 Å². The summed E-state index contributed by atoms with van der Waals surface area (Å²) < 4.78 is 5.11. The van der Waals surface area contributed by atoms with E-state index in [4.69, 9.17) is 4.52 Å². The van der Waals surface area contributed by atoms with Crippen LogP contribution in [-0.2, 0) is 13.1 Å². The lowest BCUT2D eigenvalue weighted by Gasteiger charge is -2.32. The van der Waals surface area contributed by atoms with Gasteiger partial charge in [0.15, 0.2) is 0 Å². The highest BCUT2D eigenvalue weighted by Crippen LogP contribution is 2.14. The van der Waals surface area contributed by atoms with Crippen LogP contribution in [0.25, 0.3) is 0 Å². The molecule has 0 aromatic carbocycles. The maximum atomic E-state index is 12.1. The summed E-state index contributed by atoms with van der Waals surface area (Å²) in [5, 5.41) is 9.85. The van der Waals surface area contributed by atoms with Crippen molar-refractivity contribution in [2.45, 2.75) is 45.8 Å². The van der Waals surface area contributed by atoms with E-state index in [-0.39, 0.29) is 12.1 Å². The quantitative estimate of drug-likeness (QED) is 0.869. The first-order chi connectivity index (χ1) is 12.1. The van der Waals surface area contributed by atoms with Crippen molar-refractivity contribution in [3.63, 3.8) is 0 Å². The van der Waals surface area contributed by atoms with Crippen LogP contribution in [0.1, 0.15) is 35.6 Å². The number of aromatic nitrogens is 2. The monoisotopic (exact) mass is 343 g/mol. The topological polar surface area (TPSA) is 83.3 Å². The Labute approximate surface area is 147 Å². The summed E-state index contributed by atoms with van der Waals surface area (Å²) in [7, 11) is 0. The smallest absolute Gasteiger partial charge is 0.315 e. The number of urea groups is 1. The molecule has 1 saturated heterocycles. The molecule has 2 amide bonds. The van der Waals surface area contributed by atoms with Gasteiger partial charge in [-0.3, -0.25) is 9.88 Å². The summed E-state index contributed by atoms with van der Waals surface area (Å²) >= 11 is 0. The van der Waals surface area contributed by atoms with E-state index in [1.165, 1.54) is 0 Å². The van der Waals surface area contributed by atoms with E-state index in [9.17, 15) is 4.79 Å². The Hall–Kier alpha value is -2.41. The molecule has 25 heavy (non-hydrogen) atoms. The number of hydrogen-bond acceptors (Lipinski definition) is 5. The summed E-state index contributed by atoms with van der Waals surface area (Å²) in [4.78, 5) is 18.9. The highest BCUT2D eigenvalue weighted by atomic mass is 16.5. The fraction of sp³-hybridized carbons (Fsp3) is 0.500. The Kier molecular flexibility index (Phi) is 5.65. The minimum Gasteiger partial charge on any atom is -0.361 e. The second-order valence-corrected chi connectivity index (χ2v) is 6.50. The Bertz CT molecular complexity index is 673. The van der Waals surface area contributed by atoms with E-state index in [0.717, 1.165) is 55.2 Å². The zero-order chi connectivity index (χ0) is 17.6. The molecule has 0 saturated carbocycles. The van der Waals surface area contributed by atoms with Crippen molar-refractivity contribution >= 4 is 6.03 Å². The van der Waals surface area contributed by atoms with Crippen LogP contribution in [0.5, 0.6) is 0 Å². The lowest BCUT2D eigenvalue weighted by molar-refractivity contribution is 0.185. The number of carbonyl (C=O) groups is 1. The van der Waals surface area contributed by atoms with E-state index in [0.29, 0.717) is 6.54 Å². The number of carbonyl (C=O) groups excluding carboxylic acids is 1. The summed E-state index contributed by atoms with van der Waals surface area (Å²) in [6.45, 7) is 6.96. The predicted octanol–water partition coefficient (Wildman–Crippen LogP) is 2.15. The third-order valence-corrected chi connectivity index (χ3v) is 4.64. The van der Waals surface area contributed by atoms with Gasteiger partial charge in [-0.1, -0.05) is 11.2 Å². The van der Waals surface area contributed by atoms with Crippen molar-refractivity contribution in [2.24, 2.45) is 0 Å². The Morgan fingerprint density at radius 3 is 2.76 bits per heavy atom. The van der Waals surface area contributed by atoms with Gasteiger partial charge in [0.05, 0.1) is 11.4 Å². The molecule has 2 N–H and O–H groups in total. The number of pyridine rings is 1. The van der Waals surface area contributed by atoms with E-state index in [1.54, 1.807) is 0 Å². The molecule has 0 aliphatic carbocycles. The summed E-state index contributed by atoms with van der Waals surface area (Å²) in [6.07, 6.45) is 3.73. The number of rotatable bonds is 5. The molecule has 7 nitrogen and oxygen atoms in total. The summed E-state index contributed by atoms with van der Waals surface area (Å²) in [6, 6.07) is 6.07. The highest BCUT2D eigenvalue weighted by Gasteiger charge is 2.21. The van der Waals surface area contributed by atoms with E-state index < -0.39 is 0 Å². The molecule has 3 rings (SSSR count). The van der Waals surface area contributed by atoms with Gasteiger partial charge in [-0.15, -0.1) is 0 Å². The number of nitrogens with zero attached hydrogens (tertiary/aromatic N) is 3. The van der Waals surface area contributed by atoms with Crippen LogP contribution >= 0.6 is 0 Å². The van der Waals surface area contributed by atoms with Crippen LogP contribution < -0.4 is 10.6 Å². The molecule has 7 heteroatoms. The SMILES string of the molecule is Cc1noc(C)c1CNC(=O)NC1CCN(Cc2ccccn2)CC1. The minimum atomic E-state index is -0.136. The molecule has 0 atom stereocenters. The molecule has 1 aliphatic heterocycles. The minimum absolute atomic E-state index is 0.136. The Balaban J connectivity index is 1.39. The van der Waals surface area contributed by atoms with Crippen LogP contribution in [-0.4, -0.2) is 40.2 Å². The number of piperidine rings is 1. The second-order valence-electron chi connectivity index (χ2n) is 6.50. The van der Waals surface area contributed by atoms with Gasteiger partial charge in [0.25, 0.3) is 0 Å². The van der Waals surface area contributed by atoms with Crippen molar-refractivity contribution in [3.8, 4) is 0 Å². The number of likely N-dealkylation sites (tertiary alicyclic amines) is 1. The summed E-state index contributed by atoms with van der Waals surface area (Å²) in [5.41, 5.74) is 2.85. The number of aryl methyl sites for hydroxylation is 2. The average Bonchev–Trinajstić information content (AvgIpc) is 2.94. The molecule has 2 aromatic rings. The molecule has 1 aliphatic rings. The van der Waals surface area contributed by atoms with E-state index >= 15 is 0 Å². The third kappa shape index (κ3) is 4.79. The maximum Gasteiger partial charge on any atom is 0.315 e. The molecule has 0 radical (unpaired) electrons. The van der Waals surface area contributed by atoms with Crippen LogP contribution in [0.15, 0.2) is 28.9 Å². The predicted molar refractivity (Wildman–Crippen MR) is 93.9 cm³/mol. The van der Waals surface area contributed by atoms with E-state index in [2.05, 4.69) is 25.7 Å². The number of hydrogen-bond donors (Lipinski definition) is 2. The first-order valence-electron chi connectivity index (χ1n) is 8.70. The molecule has 0 spiro atoms. The van der Waals surface area contributed by atoms with E-state index in [1.807, 2.05) is 38.2 Å². The molecule has 3 heterocycles. The largest absolute Gasteiger partial charge is 0.361 e. The molecular formula is C18H25N5O2. The normalized spacial score (nSPS) is 15.9. The van der Waals surface area contributed by atoms with Gasteiger partial charge >= 0.3 is 6.03 Å². The summed E-state index contributed by atoms with van der Waals surface area (Å²) in [5.74, 6) is 0.751. The first-order valence-corrected chi connectivity index (χ1v) is 8.70.